The van der Waals surface area contributed by atoms with E-state index in [1.54, 1.807) is 17.1 Å². The second-order valence-corrected chi connectivity index (χ2v) is 5.79. The number of pyridine rings is 1. The fourth-order valence-electron chi connectivity index (χ4n) is 2.94. The number of fused-ring (bicyclic) bond motifs is 1. The summed E-state index contributed by atoms with van der Waals surface area (Å²) in [5, 5.41) is 9.28. The van der Waals surface area contributed by atoms with Crippen LogP contribution in [0.15, 0.2) is 49.1 Å². The molecule has 4 rings (SSSR count). The zero-order valence-electron chi connectivity index (χ0n) is 12.2. The fourth-order valence-corrected chi connectivity index (χ4v) is 2.94. The second-order valence-electron chi connectivity index (χ2n) is 5.79. The van der Waals surface area contributed by atoms with Gasteiger partial charge in [-0.1, -0.05) is 12.1 Å². The Morgan fingerprint density at radius 1 is 1.32 bits per heavy atom. The van der Waals surface area contributed by atoms with Gasteiger partial charge < -0.3 is 5.32 Å². The molecule has 22 heavy (non-hydrogen) atoms. The highest BCUT2D eigenvalue weighted by Crippen LogP contribution is 2.48. The number of nitrogens with one attached hydrogen (secondary N) is 1. The average molecular weight is 292 g/mol. The number of hydrogen-bond acceptors (Lipinski definition) is 3. The summed E-state index contributed by atoms with van der Waals surface area (Å²) in [6, 6.07) is 7.79. The Hall–Kier alpha value is -2.69. The van der Waals surface area contributed by atoms with Crippen LogP contribution in [0.1, 0.15) is 17.9 Å². The lowest BCUT2D eigenvalue weighted by Gasteiger charge is -2.08. The van der Waals surface area contributed by atoms with E-state index in [0.29, 0.717) is 5.92 Å². The Kier molecular flexibility index (Phi) is 2.92. The van der Waals surface area contributed by atoms with E-state index < -0.39 is 0 Å². The number of aromatic nitrogens is 3. The minimum Gasteiger partial charge on any atom is -0.325 e. The summed E-state index contributed by atoms with van der Waals surface area (Å²) in [6.45, 7) is 0. The zero-order chi connectivity index (χ0) is 15.1. The van der Waals surface area contributed by atoms with Gasteiger partial charge in [-0.15, -0.1) is 0 Å². The predicted octanol–water partition coefficient (Wildman–Crippen LogP) is 2.71. The number of anilines is 1. The lowest BCUT2D eigenvalue weighted by Crippen LogP contribution is -2.14. The molecule has 1 fully saturated rings. The molecule has 0 radical (unpaired) electrons. The average Bonchev–Trinajstić information content (AvgIpc) is 3.23. The highest BCUT2D eigenvalue weighted by molar-refractivity contribution is 6.03. The predicted molar refractivity (Wildman–Crippen MR) is 84.4 cm³/mol. The lowest BCUT2D eigenvalue weighted by atomic mass is 10.1. The number of nitrogens with zero attached hydrogens (tertiary/aromatic N) is 3. The molecule has 1 aliphatic carbocycles. The van der Waals surface area contributed by atoms with Crippen molar-refractivity contribution in [3.8, 4) is 0 Å². The first-order valence-electron chi connectivity index (χ1n) is 7.34. The van der Waals surface area contributed by atoms with Crippen molar-refractivity contribution in [2.24, 2.45) is 13.0 Å². The van der Waals surface area contributed by atoms with E-state index in [0.717, 1.165) is 28.4 Å². The van der Waals surface area contributed by atoms with Gasteiger partial charge >= 0.3 is 0 Å². The van der Waals surface area contributed by atoms with E-state index in [4.69, 9.17) is 0 Å². The van der Waals surface area contributed by atoms with E-state index in [1.807, 2.05) is 43.7 Å². The zero-order valence-corrected chi connectivity index (χ0v) is 12.2. The summed E-state index contributed by atoms with van der Waals surface area (Å²) in [4.78, 5) is 16.6. The summed E-state index contributed by atoms with van der Waals surface area (Å²) in [5.74, 6) is 0.421. The molecule has 0 unspecified atom stereocenters. The number of benzene rings is 1. The van der Waals surface area contributed by atoms with Crippen molar-refractivity contribution in [2.45, 2.75) is 12.3 Å². The molecule has 1 amide bonds. The van der Waals surface area contributed by atoms with Gasteiger partial charge in [0.2, 0.25) is 5.91 Å². The van der Waals surface area contributed by atoms with Crippen LogP contribution in [-0.4, -0.2) is 20.7 Å². The van der Waals surface area contributed by atoms with Gasteiger partial charge in [-0.25, -0.2) is 0 Å². The van der Waals surface area contributed by atoms with Gasteiger partial charge in [0.1, 0.15) is 0 Å². The Bertz CT molecular complexity index is 849. The van der Waals surface area contributed by atoms with Gasteiger partial charge in [0.05, 0.1) is 6.20 Å². The summed E-state index contributed by atoms with van der Waals surface area (Å²) >= 11 is 0. The molecular weight excluding hydrogens is 276 g/mol. The number of carbonyl (C=O) groups excluding carboxylic acids is 1. The van der Waals surface area contributed by atoms with Gasteiger partial charge in [0, 0.05) is 48.0 Å². The Balaban J connectivity index is 1.53. The summed E-state index contributed by atoms with van der Waals surface area (Å²) in [7, 11) is 1.89. The van der Waals surface area contributed by atoms with Crippen molar-refractivity contribution in [1.29, 1.82) is 0 Å². The van der Waals surface area contributed by atoms with Crippen LogP contribution in [0.2, 0.25) is 0 Å². The standard InChI is InChI=1S/C17H16N4O/c1-21-10-12(9-19-21)14-7-15(14)17(22)20-16-4-2-3-11-8-18-6-5-13(11)16/h2-6,8-10,14-15H,7H2,1H3,(H,20,22)/t14-,15+/m0/s1. The van der Waals surface area contributed by atoms with Crippen LogP contribution in [0.5, 0.6) is 0 Å². The minimum atomic E-state index is 0.0429. The second kappa shape index (κ2) is 4.94. The van der Waals surface area contributed by atoms with Crippen molar-refractivity contribution >= 4 is 22.4 Å². The summed E-state index contributed by atoms with van der Waals surface area (Å²) < 4.78 is 1.78. The van der Waals surface area contributed by atoms with Crippen molar-refractivity contribution in [2.75, 3.05) is 5.32 Å². The van der Waals surface area contributed by atoms with Crippen molar-refractivity contribution in [3.05, 3.63) is 54.6 Å². The maximum atomic E-state index is 12.5. The molecule has 0 spiro atoms. The first-order chi connectivity index (χ1) is 10.7. The van der Waals surface area contributed by atoms with E-state index in [-0.39, 0.29) is 11.8 Å². The number of hydrogen-bond donors (Lipinski definition) is 1. The third-order valence-electron chi connectivity index (χ3n) is 4.22. The molecule has 2 atom stereocenters. The first-order valence-corrected chi connectivity index (χ1v) is 7.34. The molecule has 3 aromatic rings. The highest BCUT2D eigenvalue weighted by atomic mass is 16.2. The Morgan fingerprint density at radius 2 is 2.23 bits per heavy atom. The molecule has 5 nitrogen and oxygen atoms in total. The van der Waals surface area contributed by atoms with Crippen molar-refractivity contribution < 1.29 is 4.79 Å². The number of aryl methyl sites for hydroxylation is 1. The molecule has 1 aliphatic rings. The van der Waals surface area contributed by atoms with Gasteiger partial charge in [0.15, 0.2) is 0 Å². The number of amides is 1. The van der Waals surface area contributed by atoms with E-state index in [9.17, 15) is 4.79 Å². The van der Waals surface area contributed by atoms with Crippen LogP contribution in [0.25, 0.3) is 10.8 Å². The smallest absolute Gasteiger partial charge is 0.228 e. The van der Waals surface area contributed by atoms with Crippen LogP contribution < -0.4 is 5.32 Å². The maximum Gasteiger partial charge on any atom is 0.228 e. The largest absolute Gasteiger partial charge is 0.325 e. The maximum absolute atomic E-state index is 12.5. The van der Waals surface area contributed by atoms with Crippen LogP contribution in [-0.2, 0) is 11.8 Å². The van der Waals surface area contributed by atoms with E-state index in [1.165, 1.54) is 0 Å². The molecule has 2 heterocycles. The molecule has 0 bridgehead atoms. The SMILES string of the molecule is Cn1cc([C@@H]2C[C@H]2C(=O)Nc2cccc3cnccc23)cn1. The molecule has 0 aliphatic heterocycles. The monoisotopic (exact) mass is 292 g/mol. The van der Waals surface area contributed by atoms with Crippen LogP contribution in [0.4, 0.5) is 5.69 Å². The number of carbonyl (C=O) groups is 1. The van der Waals surface area contributed by atoms with E-state index >= 15 is 0 Å². The van der Waals surface area contributed by atoms with Gasteiger partial charge in [-0.05, 0) is 30.0 Å². The Labute approximate surface area is 128 Å². The fraction of sp³-hybridized carbons (Fsp3) is 0.235. The minimum absolute atomic E-state index is 0.0429. The molecule has 1 saturated carbocycles. The number of rotatable bonds is 3. The van der Waals surface area contributed by atoms with Crippen molar-refractivity contribution in [1.82, 2.24) is 14.8 Å². The van der Waals surface area contributed by atoms with Gasteiger partial charge in [-0.3, -0.25) is 14.5 Å². The third-order valence-corrected chi connectivity index (χ3v) is 4.22. The molecular formula is C17H16N4O. The topological polar surface area (TPSA) is 59.8 Å². The van der Waals surface area contributed by atoms with E-state index in [2.05, 4.69) is 15.4 Å². The van der Waals surface area contributed by atoms with Gasteiger partial charge in [-0.2, -0.15) is 5.10 Å². The van der Waals surface area contributed by atoms with Crippen LogP contribution >= 0.6 is 0 Å². The summed E-state index contributed by atoms with van der Waals surface area (Å²) in [5.41, 5.74) is 1.99. The Morgan fingerprint density at radius 3 is 3.05 bits per heavy atom. The third kappa shape index (κ3) is 2.24. The molecule has 110 valence electrons. The highest BCUT2D eigenvalue weighted by Gasteiger charge is 2.44. The van der Waals surface area contributed by atoms with Crippen LogP contribution in [0, 0.1) is 5.92 Å². The van der Waals surface area contributed by atoms with Gasteiger partial charge in [0.25, 0.3) is 0 Å². The molecule has 5 heteroatoms. The van der Waals surface area contributed by atoms with Crippen LogP contribution in [0.3, 0.4) is 0 Å². The molecule has 1 aromatic carbocycles. The first kappa shape index (κ1) is 13.0. The van der Waals surface area contributed by atoms with Crippen molar-refractivity contribution in [3.63, 3.8) is 0 Å². The molecule has 2 aromatic heterocycles. The quantitative estimate of drug-likeness (QED) is 0.807. The lowest BCUT2D eigenvalue weighted by molar-refractivity contribution is -0.117. The molecule has 0 saturated heterocycles. The normalized spacial score (nSPS) is 20.0. The molecule has 1 N–H and O–H groups in total. The summed E-state index contributed by atoms with van der Waals surface area (Å²) in [6.07, 6.45) is 8.28.